The summed E-state index contributed by atoms with van der Waals surface area (Å²) >= 11 is 0. The minimum atomic E-state index is 0.338. The molecule has 0 unspecified atom stereocenters. The normalized spacial score (nSPS) is 8.44. The standard InChI is InChI=1S/C10H22O2.2C3H6/c11-9-7-5-3-1-2-4-6-8-10-12;2*1-3-2/h11-12H,1-10H2;2*3H,1H2,2H3. The lowest BCUT2D eigenvalue weighted by Gasteiger charge is -1.99. The third-order valence-electron chi connectivity index (χ3n) is 2.07. The second-order valence-electron chi connectivity index (χ2n) is 4.09. The molecule has 2 heteroatoms. The third kappa shape index (κ3) is 45.3. The molecule has 0 saturated heterocycles. The zero-order valence-corrected chi connectivity index (χ0v) is 12.5. The van der Waals surface area contributed by atoms with Gasteiger partial charge in [-0.05, 0) is 26.7 Å². The Hall–Kier alpha value is -0.600. The van der Waals surface area contributed by atoms with E-state index >= 15 is 0 Å². The summed E-state index contributed by atoms with van der Waals surface area (Å²) in [7, 11) is 0. The lowest BCUT2D eigenvalue weighted by Crippen LogP contribution is -1.85. The van der Waals surface area contributed by atoms with Crippen molar-refractivity contribution in [1.29, 1.82) is 0 Å². The zero-order valence-electron chi connectivity index (χ0n) is 12.5. The Labute approximate surface area is 114 Å². The highest BCUT2D eigenvalue weighted by Crippen LogP contribution is 2.07. The van der Waals surface area contributed by atoms with Gasteiger partial charge in [-0.3, -0.25) is 0 Å². The molecule has 0 atom stereocenters. The molecule has 0 aliphatic rings. The van der Waals surface area contributed by atoms with Crippen LogP contribution in [0.3, 0.4) is 0 Å². The first-order chi connectivity index (χ1) is 8.74. The summed E-state index contributed by atoms with van der Waals surface area (Å²) in [4.78, 5) is 0. The summed E-state index contributed by atoms with van der Waals surface area (Å²) in [6.07, 6.45) is 12.8. The van der Waals surface area contributed by atoms with Gasteiger partial charge < -0.3 is 10.2 Å². The van der Waals surface area contributed by atoms with Crippen molar-refractivity contribution in [2.45, 2.75) is 65.2 Å². The van der Waals surface area contributed by atoms with E-state index in [1.54, 1.807) is 12.2 Å². The zero-order chi connectivity index (χ0) is 14.5. The molecule has 0 aromatic carbocycles. The highest BCUT2D eigenvalue weighted by atomic mass is 16.3. The van der Waals surface area contributed by atoms with Crippen LogP contribution in [0.25, 0.3) is 0 Å². The van der Waals surface area contributed by atoms with Crippen molar-refractivity contribution in [1.82, 2.24) is 0 Å². The molecule has 0 amide bonds. The second kappa shape index (κ2) is 29.9. The first-order valence-electron chi connectivity index (χ1n) is 7.10. The Kier molecular flexibility index (Phi) is 37.5. The van der Waals surface area contributed by atoms with Crippen molar-refractivity contribution in [3.63, 3.8) is 0 Å². The summed E-state index contributed by atoms with van der Waals surface area (Å²) in [5.74, 6) is 0. The molecule has 0 radical (unpaired) electrons. The van der Waals surface area contributed by atoms with Crippen molar-refractivity contribution in [3.05, 3.63) is 25.3 Å². The van der Waals surface area contributed by atoms with E-state index in [-0.39, 0.29) is 0 Å². The highest BCUT2D eigenvalue weighted by molar-refractivity contribution is 4.52. The minimum Gasteiger partial charge on any atom is -0.396 e. The summed E-state index contributed by atoms with van der Waals surface area (Å²) in [6, 6.07) is 0. The lowest BCUT2D eigenvalue weighted by atomic mass is 10.1. The van der Waals surface area contributed by atoms with Crippen LogP contribution >= 0.6 is 0 Å². The fourth-order valence-electron chi connectivity index (χ4n) is 1.28. The Morgan fingerprint density at radius 2 is 0.778 bits per heavy atom. The average molecular weight is 258 g/mol. The van der Waals surface area contributed by atoms with Gasteiger partial charge in [-0.2, -0.15) is 0 Å². The van der Waals surface area contributed by atoms with Crippen molar-refractivity contribution in [2.75, 3.05) is 13.2 Å². The van der Waals surface area contributed by atoms with E-state index in [1.165, 1.54) is 25.7 Å². The monoisotopic (exact) mass is 258 g/mol. The predicted molar refractivity (Wildman–Crippen MR) is 82.8 cm³/mol. The average Bonchev–Trinajstić information content (AvgIpc) is 2.35. The largest absolute Gasteiger partial charge is 0.396 e. The summed E-state index contributed by atoms with van der Waals surface area (Å²) in [5.41, 5.74) is 0. The SMILES string of the molecule is C=CC.C=CC.OCCCCCCCCCCO. The van der Waals surface area contributed by atoms with Gasteiger partial charge in [0.15, 0.2) is 0 Å². The number of aliphatic hydroxyl groups is 2. The second-order valence-corrected chi connectivity index (χ2v) is 4.09. The topological polar surface area (TPSA) is 40.5 Å². The number of hydrogen-bond donors (Lipinski definition) is 2. The molecule has 2 N–H and O–H groups in total. The van der Waals surface area contributed by atoms with Crippen molar-refractivity contribution in [2.24, 2.45) is 0 Å². The molecule has 0 spiro atoms. The van der Waals surface area contributed by atoms with Gasteiger partial charge in [0.25, 0.3) is 0 Å². The van der Waals surface area contributed by atoms with Gasteiger partial charge in [-0.15, -0.1) is 13.2 Å². The molecule has 0 bridgehead atoms. The Balaban J connectivity index is -0.000000315. The number of allylic oxidation sites excluding steroid dienone is 2. The van der Waals surface area contributed by atoms with Crippen LogP contribution in [-0.2, 0) is 0 Å². The molecule has 0 aromatic heterocycles. The van der Waals surface area contributed by atoms with Crippen LogP contribution in [0.4, 0.5) is 0 Å². The van der Waals surface area contributed by atoms with E-state index in [4.69, 9.17) is 10.2 Å². The van der Waals surface area contributed by atoms with Gasteiger partial charge in [-0.1, -0.05) is 50.7 Å². The summed E-state index contributed by atoms with van der Waals surface area (Å²) in [5, 5.41) is 17.0. The van der Waals surface area contributed by atoms with Gasteiger partial charge in [-0.25, -0.2) is 0 Å². The fourth-order valence-corrected chi connectivity index (χ4v) is 1.28. The van der Waals surface area contributed by atoms with Gasteiger partial charge in [0.05, 0.1) is 0 Å². The number of hydrogen-bond acceptors (Lipinski definition) is 2. The van der Waals surface area contributed by atoms with E-state index in [0.717, 1.165) is 25.7 Å². The molecule has 110 valence electrons. The van der Waals surface area contributed by atoms with Crippen LogP contribution in [0.1, 0.15) is 65.2 Å². The fraction of sp³-hybridized carbons (Fsp3) is 0.750. The maximum Gasteiger partial charge on any atom is 0.0431 e. The molecule has 2 nitrogen and oxygen atoms in total. The van der Waals surface area contributed by atoms with Gasteiger partial charge in [0, 0.05) is 13.2 Å². The van der Waals surface area contributed by atoms with Crippen LogP contribution < -0.4 is 0 Å². The van der Waals surface area contributed by atoms with E-state index < -0.39 is 0 Å². The Morgan fingerprint density at radius 3 is 0.944 bits per heavy atom. The molecule has 0 heterocycles. The van der Waals surface area contributed by atoms with Crippen LogP contribution in [-0.4, -0.2) is 23.4 Å². The van der Waals surface area contributed by atoms with Crippen molar-refractivity contribution >= 4 is 0 Å². The minimum absolute atomic E-state index is 0.338. The number of unbranched alkanes of at least 4 members (excludes halogenated alkanes) is 7. The molecule has 0 rings (SSSR count). The predicted octanol–water partition coefficient (Wildman–Crippen LogP) is 4.48. The maximum absolute atomic E-state index is 8.51. The molecule has 0 aliphatic heterocycles. The van der Waals surface area contributed by atoms with E-state index in [2.05, 4.69) is 13.2 Å². The van der Waals surface area contributed by atoms with Crippen LogP contribution in [0.5, 0.6) is 0 Å². The van der Waals surface area contributed by atoms with E-state index in [1.807, 2.05) is 13.8 Å². The highest BCUT2D eigenvalue weighted by Gasteiger charge is 1.90. The van der Waals surface area contributed by atoms with Gasteiger partial charge in [0.1, 0.15) is 0 Å². The van der Waals surface area contributed by atoms with Crippen LogP contribution in [0, 0.1) is 0 Å². The molecular weight excluding hydrogens is 224 g/mol. The first kappa shape index (κ1) is 22.6. The van der Waals surface area contributed by atoms with Gasteiger partial charge >= 0.3 is 0 Å². The molecule has 0 fully saturated rings. The molecule has 0 saturated carbocycles. The third-order valence-corrected chi connectivity index (χ3v) is 2.07. The molecule has 0 aliphatic carbocycles. The quantitative estimate of drug-likeness (QED) is 0.473. The molecular formula is C16H34O2. The Morgan fingerprint density at radius 1 is 0.611 bits per heavy atom. The summed E-state index contributed by atoms with van der Waals surface area (Å²) in [6.45, 7) is 11.2. The van der Waals surface area contributed by atoms with Crippen molar-refractivity contribution in [3.8, 4) is 0 Å². The summed E-state index contributed by atoms with van der Waals surface area (Å²) < 4.78 is 0. The smallest absolute Gasteiger partial charge is 0.0431 e. The van der Waals surface area contributed by atoms with E-state index in [9.17, 15) is 0 Å². The van der Waals surface area contributed by atoms with Crippen molar-refractivity contribution < 1.29 is 10.2 Å². The molecule has 18 heavy (non-hydrogen) atoms. The van der Waals surface area contributed by atoms with E-state index in [0.29, 0.717) is 13.2 Å². The number of rotatable bonds is 9. The van der Waals surface area contributed by atoms with Gasteiger partial charge in [0.2, 0.25) is 0 Å². The Bertz CT molecular complexity index is 117. The molecule has 0 aromatic rings. The first-order valence-corrected chi connectivity index (χ1v) is 7.10. The van der Waals surface area contributed by atoms with Crippen LogP contribution in [0.2, 0.25) is 0 Å². The lowest BCUT2D eigenvalue weighted by molar-refractivity contribution is 0.279. The maximum atomic E-state index is 8.51. The van der Waals surface area contributed by atoms with Crippen LogP contribution in [0.15, 0.2) is 25.3 Å². The number of aliphatic hydroxyl groups excluding tert-OH is 2.